The van der Waals surface area contributed by atoms with E-state index in [1.54, 1.807) is 4.90 Å². The fraction of sp³-hybridized carbons (Fsp3) is 0.857. The predicted octanol–water partition coefficient (Wildman–Crippen LogP) is -0.0104. The second-order valence-electron chi connectivity index (χ2n) is 2.90. The van der Waals surface area contributed by atoms with E-state index < -0.39 is 5.60 Å². The van der Waals surface area contributed by atoms with Gasteiger partial charge in [-0.25, -0.2) is 0 Å². The van der Waals surface area contributed by atoms with Crippen LogP contribution in [0, 0.1) is 0 Å². The van der Waals surface area contributed by atoms with E-state index in [0.717, 1.165) is 19.3 Å². The van der Waals surface area contributed by atoms with Gasteiger partial charge in [0.1, 0.15) is 0 Å². The highest BCUT2D eigenvalue weighted by atomic mass is 16.3. The van der Waals surface area contributed by atoms with E-state index in [0.29, 0.717) is 13.1 Å². The van der Waals surface area contributed by atoms with Gasteiger partial charge in [-0.1, -0.05) is 6.92 Å². The largest absolute Gasteiger partial charge is 0.388 e. The van der Waals surface area contributed by atoms with Crippen molar-refractivity contribution < 1.29 is 9.90 Å². The summed E-state index contributed by atoms with van der Waals surface area (Å²) in [6, 6.07) is 0. The molecule has 1 amide bonds. The van der Waals surface area contributed by atoms with Crippen LogP contribution in [0.4, 0.5) is 0 Å². The molecule has 0 unspecified atom stereocenters. The van der Waals surface area contributed by atoms with Gasteiger partial charge in [0.25, 0.3) is 0 Å². The maximum atomic E-state index is 10.2. The third kappa shape index (κ3) is 1.29. The highest BCUT2D eigenvalue weighted by molar-refractivity contribution is 5.48. The smallest absolute Gasteiger partial charge is 0.209 e. The molecule has 1 fully saturated rings. The molecule has 1 rings (SSSR count). The van der Waals surface area contributed by atoms with Crippen LogP contribution < -0.4 is 0 Å². The number of hydrogen-bond donors (Lipinski definition) is 1. The zero-order valence-corrected chi connectivity index (χ0v) is 6.21. The second kappa shape index (κ2) is 2.58. The van der Waals surface area contributed by atoms with Crippen LogP contribution >= 0.6 is 0 Å². The predicted molar refractivity (Wildman–Crippen MR) is 37.5 cm³/mol. The summed E-state index contributed by atoms with van der Waals surface area (Å²) in [7, 11) is 0. The number of aliphatic hydroxyl groups is 1. The van der Waals surface area contributed by atoms with Gasteiger partial charge in [0.05, 0.1) is 5.60 Å². The lowest BCUT2D eigenvalue weighted by atomic mass is 10.0. The molecule has 0 aliphatic carbocycles. The van der Waals surface area contributed by atoms with Crippen LogP contribution in [0.3, 0.4) is 0 Å². The Kier molecular flexibility index (Phi) is 1.94. The van der Waals surface area contributed by atoms with Crippen molar-refractivity contribution in [1.29, 1.82) is 0 Å². The van der Waals surface area contributed by atoms with Crippen LogP contribution in [0.15, 0.2) is 0 Å². The number of carbonyl (C=O) groups excluding carboxylic acids is 1. The molecule has 0 bridgehead atoms. The Morgan fingerprint density at radius 1 is 1.80 bits per heavy atom. The van der Waals surface area contributed by atoms with Gasteiger partial charge in [0.2, 0.25) is 6.41 Å². The van der Waals surface area contributed by atoms with E-state index in [1.807, 2.05) is 6.92 Å². The maximum absolute atomic E-state index is 10.2. The molecule has 58 valence electrons. The van der Waals surface area contributed by atoms with E-state index in [4.69, 9.17) is 0 Å². The average Bonchev–Trinajstić information content (AvgIpc) is 2.33. The highest BCUT2D eigenvalue weighted by Gasteiger charge is 2.33. The number of rotatable bonds is 2. The van der Waals surface area contributed by atoms with Gasteiger partial charge in [0, 0.05) is 13.1 Å². The van der Waals surface area contributed by atoms with Crippen molar-refractivity contribution in [3.63, 3.8) is 0 Å². The topological polar surface area (TPSA) is 40.5 Å². The SMILES string of the molecule is CC[C@]1(O)CCN(C=O)C1. The van der Waals surface area contributed by atoms with Crippen molar-refractivity contribution in [1.82, 2.24) is 4.90 Å². The Hall–Kier alpha value is -0.570. The number of carbonyl (C=O) groups is 1. The minimum atomic E-state index is -0.596. The summed E-state index contributed by atoms with van der Waals surface area (Å²) in [6.45, 7) is 3.15. The summed E-state index contributed by atoms with van der Waals surface area (Å²) in [5.74, 6) is 0. The molecule has 1 atom stereocenters. The molecule has 0 spiro atoms. The molecule has 1 N–H and O–H groups in total. The Balaban J connectivity index is 2.48. The molecular formula is C7H13NO2. The molecule has 1 aliphatic heterocycles. The Labute approximate surface area is 60.6 Å². The summed E-state index contributed by atoms with van der Waals surface area (Å²) in [5, 5.41) is 9.60. The Bertz CT molecular complexity index is 138. The van der Waals surface area contributed by atoms with Crippen LogP contribution in [0.5, 0.6) is 0 Å². The molecule has 0 saturated carbocycles. The number of amides is 1. The first-order valence-corrected chi connectivity index (χ1v) is 3.62. The zero-order valence-electron chi connectivity index (χ0n) is 6.21. The average molecular weight is 143 g/mol. The van der Waals surface area contributed by atoms with Crippen molar-refractivity contribution in [2.75, 3.05) is 13.1 Å². The van der Waals surface area contributed by atoms with Gasteiger partial charge in [-0.15, -0.1) is 0 Å². The molecule has 0 aromatic carbocycles. The molecular weight excluding hydrogens is 130 g/mol. The minimum absolute atomic E-state index is 0.507. The molecule has 3 nitrogen and oxygen atoms in total. The third-order valence-electron chi connectivity index (χ3n) is 2.17. The number of likely N-dealkylation sites (tertiary alicyclic amines) is 1. The van der Waals surface area contributed by atoms with Gasteiger partial charge in [-0.3, -0.25) is 4.79 Å². The normalized spacial score (nSPS) is 32.8. The van der Waals surface area contributed by atoms with Gasteiger partial charge >= 0.3 is 0 Å². The molecule has 1 heterocycles. The lowest BCUT2D eigenvalue weighted by Crippen LogP contribution is -2.31. The van der Waals surface area contributed by atoms with E-state index in [9.17, 15) is 9.90 Å². The third-order valence-corrected chi connectivity index (χ3v) is 2.17. The molecule has 10 heavy (non-hydrogen) atoms. The first kappa shape index (κ1) is 7.54. The molecule has 1 saturated heterocycles. The maximum Gasteiger partial charge on any atom is 0.209 e. The molecule has 3 heteroatoms. The van der Waals surface area contributed by atoms with Crippen molar-refractivity contribution in [2.24, 2.45) is 0 Å². The number of β-amino-alcohol motifs (C(OH)–C–C–N with tert-alkyl or cyclic N) is 1. The Morgan fingerprint density at radius 3 is 2.80 bits per heavy atom. The van der Waals surface area contributed by atoms with Crippen LogP contribution in [-0.4, -0.2) is 35.1 Å². The van der Waals surface area contributed by atoms with Crippen molar-refractivity contribution >= 4 is 6.41 Å². The fourth-order valence-electron chi connectivity index (χ4n) is 1.27. The Morgan fingerprint density at radius 2 is 2.50 bits per heavy atom. The van der Waals surface area contributed by atoms with Crippen molar-refractivity contribution in [3.8, 4) is 0 Å². The summed E-state index contributed by atoms with van der Waals surface area (Å²) in [5.41, 5.74) is -0.596. The van der Waals surface area contributed by atoms with Crippen LogP contribution in [0.1, 0.15) is 19.8 Å². The second-order valence-corrected chi connectivity index (χ2v) is 2.90. The van der Waals surface area contributed by atoms with Crippen LogP contribution in [0.25, 0.3) is 0 Å². The van der Waals surface area contributed by atoms with Gasteiger partial charge in [-0.2, -0.15) is 0 Å². The molecule has 0 aromatic rings. The van der Waals surface area contributed by atoms with Crippen molar-refractivity contribution in [3.05, 3.63) is 0 Å². The van der Waals surface area contributed by atoms with Gasteiger partial charge in [0.15, 0.2) is 0 Å². The van der Waals surface area contributed by atoms with Crippen LogP contribution in [0.2, 0.25) is 0 Å². The zero-order chi connectivity index (χ0) is 7.61. The minimum Gasteiger partial charge on any atom is -0.388 e. The standard InChI is InChI=1S/C7H13NO2/c1-2-7(10)3-4-8(5-7)6-9/h6,10H,2-5H2,1H3/t7-/m0/s1. The molecule has 0 aromatic heterocycles. The lowest BCUT2D eigenvalue weighted by Gasteiger charge is -2.18. The van der Waals surface area contributed by atoms with Gasteiger partial charge < -0.3 is 10.0 Å². The molecule has 0 radical (unpaired) electrons. The van der Waals surface area contributed by atoms with Crippen LogP contribution in [-0.2, 0) is 4.79 Å². The first-order valence-electron chi connectivity index (χ1n) is 3.62. The summed E-state index contributed by atoms with van der Waals surface area (Å²) < 4.78 is 0. The molecule has 1 aliphatic rings. The van der Waals surface area contributed by atoms with E-state index in [-0.39, 0.29) is 0 Å². The highest BCUT2D eigenvalue weighted by Crippen LogP contribution is 2.22. The monoisotopic (exact) mass is 143 g/mol. The summed E-state index contributed by atoms with van der Waals surface area (Å²) in [4.78, 5) is 11.8. The van der Waals surface area contributed by atoms with E-state index in [1.165, 1.54) is 0 Å². The van der Waals surface area contributed by atoms with E-state index in [2.05, 4.69) is 0 Å². The summed E-state index contributed by atoms with van der Waals surface area (Å²) >= 11 is 0. The first-order chi connectivity index (χ1) is 4.70. The number of nitrogens with zero attached hydrogens (tertiary/aromatic N) is 1. The van der Waals surface area contributed by atoms with Crippen molar-refractivity contribution in [2.45, 2.75) is 25.4 Å². The van der Waals surface area contributed by atoms with Gasteiger partial charge in [-0.05, 0) is 12.8 Å². The number of hydrogen-bond acceptors (Lipinski definition) is 2. The fourth-order valence-corrected chi connectivity index (χ4v) is 1.27. The lowest BCUT2D eigenvalue weighted by molar-refractivity contribution is -0.118. The summed E-state index contributed by atoms with van der Waals surface area (Å²) in [6.07, 6.45) is 2.26. The quantitative estimate of drug-likeness (QED) is 0.552. The van der Waals surface area contributed by atoms with E-state index >= 15 is 0 Å².